The zero-order valence-electron chi connectivity index (χ0n) is 13.1. The minimum Gasteiger partial charge on any atom is -0.353 e. The number of carbonyl (C=O) groups excluding carboxylic acids is 2. The van der Waals surface area contributed by atoms with E-state index in [1.54, 1.807) is 30.0 Å². The predicted molar refractivity (Wildman–Crippen MR) is 91.0 cm³/mol. The maximum atomic E-state index is 11.9. The van der Waals surface area contributed by atoms with Crippen LogP contribution in [0.25, 0.3) is 0 Å². The van der Waals surface area contributed by atoms with Gasteiger partial charge in [-0.25, -0.2) is 4.98 Å². The van der Waals surface area contributed by atoms with Crippen molar-refractivity contribution in [1.82, 2.24) is 15.2 Å². The van der Waals surface area contributed by atoms with Crippen molar-refractivity contribution >= 4 is 34.9 Å². The Morgan fingerprint density at radius 1 is 1.45 bits per heavy atom. The molecule has 0 spiro atoms. The summed E-state index contributed by atoms with van der Waals surface area (Å²) in [5, 5.41) is 6.24. The molecule has 0 bridgehead atoms. The van der Waals surface area contributed by atoms with Gasteiger partial charge in [-0.2, -0.15) is 11.8 Å². The maximum Gasteiger partial charge on any atom is 0.221 e. The van der Waals surface area contributed by atoms with Gasteiger partial charge >= 0.3 is 0 Å². The van der Waals surface area contributed by atoms with E-state index in [4.69, 9.17) is 0 Å². The topological polar surface area (TPSA) is 62.3 Å². The highest BCUT2D eigenvalue weighted by Gasteiger charge is 2.21. The van der Waals surface area contributed by atoms with Crippen molar-refractivity contribution in [3.05, 3.63) is 16.1 Å². The lowest BCUT2D eigenvalue weighted by molar-refractivity contribution is -0.130. The van der Waals surface area contributed by atoms with Crippen LogP contribution in [0.5, 0.6) is 0 Å². The Labute approximate surface area is 139 Å². The highest BCUT2D eigenvalue weighted by molar-refractivity contribution is 7.98. The van der Waals surface area contributed by atoms with Crippen molar-refractivity contribution in [2.24, 2.45) is 0 Å². The van der Waals surface area contributed by atoms with E-state index in [0.29, 0.717) is 6.42 Å². The van der Waals surface area contributed by atoms with Crippen LogP contribution in [0.15, 0.2) is 5.38 Å². The lowest BCUT2D eigenvalue weighted by atomic mass is 10.0. The molecule has 0 aliphatic carbocycles. The number of hydrogen-bond donors (Lipinski definition) is 1. The average Bonchev–Trinajstić information content (AvgIpc) is 2.90. The standard InChI is InChI=1S/C15H23N3O2S2/c1-11-16-14(10-22-11)9-21-8-5-15(20)17-13-3-6-18(7-4-13)12(2)19/h10,13H,3-9H2,1-2H3,(H,17,20). The van der Waals surface area contributed by atoms with Crippen LogP contribution in [0.4, 0.5) is 0 Å². The van der Waals surface area contributed by atoms with Crippen LogP contribution in [0, 0.1) is 6.92 Å². The number of nitrogens with one attached hydrogen (secondary N) is 1. The number of carbonyl (C=O) groups is 2. The molecule has 1 N–H and O–H groups in total. The molecule has 2 rings (SSSR count). The van der Waals surface area contributed by atoms with Crippen molar-refractivity contribution in [3.63, 3.8) is 0 Å². The Balaban J connectivity index is 1.57. The van der Waals surface area contributed by atoms with E-state index in [9.17, 15) is 9.59 Å². The summed E-state index contributed by atoms with van der Waals surface area (Å²) < 4.78 is 0. The summed E-state index contributed by atoms with van der Waals surface area (Å²) in [5.74, 6) is 1.92. The largest absolute Gasteiger partial charge is 0.353 e. The molecule has 1 aromatic heterocycles. The van der Waals surface area contributed by atoms with E-state index >= 15 is 0 Å². The number of piperidine rings is 1. The quantitative estimate of drug-likeness (QED) is 0.806. The van der Waals surface area contributed by atoms with Gasteiger partial charge in [0, 0.05) is 49.4 Å². The number of aromatic nitrogens is 1. The molecule has 0 radical (unpaired) electrons. The molecular weight excluding hydrogens is 318 g/mol. The van der Waals surface area contributed by atoms with Gasteiger partial charge in [0.1, 0.15) is 0 Å². The minimum absolute atomic E-state index is 0.114. The van der Waals surface area contributed by atoms with Crippen molar-refractivity contribution in [3.8, 4) is 0 Å². The van der Waals surface area contributed by atoms with Gasteiger partial charge in [-0.05, 0) is 19.8 Å². The van der Waals surface area contributed by atoms with Crippen LogP contribution in [-0.2, 0) is 15.3 Å². The van der Waals surface area contributed by atoms with Crippen LogP contribution in [0.2, 0.25) is 0 Å². The Morgan fingerprint density at radius 2 is 2.18 bits per heavy atom. The Bertz CT molecular complexity index is 511. The van der Waals surface area contributed by atoms with Gasteiger partial charge in [0.05, 0.1) is 10.7 Å². The zero-order valence-corrected chi connectivity index (χ0v) is 14.8. The molecule has 2 heterocycles. The number of likely N-dealkylation sites (tertiary alicyclic amines) is 1. The minimum atomic E-state index is 0.114. The van der Waals surface area contributed by atoms with Crippen LogP contribution >= 0.6 is 23.1 Å². The molecule has 22 heavy (non-hydrogen) atoms. The van der Waals surface area contributed by atoms with E-state index in [0.717, 1.165) is 48.1 Å². The molecule has 2 amide bonds. The fraction of sp³-hybridized carbons (Fsp3) is 0.667. The van der Waals surface area contributed by atoms with Gasteiger partial charge in [0.15, 0.2) is 0 Å². The van der Waals surface area contributed by atoms with Crippen molar-refractivity contribution in [2.75, 3.05) is 18.8 Å². The highest BCUT2D eigenvalue weighted by Crippen LogP contribution is 2.16. The number of hydrogen-bond acceptors (Lipinski definition) is 5. The summed E-state index contributed by atoms with van der Waals surface area (Å²) in [7, 11) is 0. The van der Waals surface area contributed by atoms with Gasteiger partial charge < -0.3 is 10.2 Å². The molecule has 7 heteroatoms. The Kier molecular flexibility index (Phi) is 6.70. The summed E-state index contributed by atoms with van der Waals surface area (Å²) in [6.07, 6.45) is 2.26. The summed E-state index contributed by atoms with van der Waals surface area (Å²) in [5.41, 5.74) is 1.10. The second kappa shape index (κ2) is 8.53. The van der Waals surface area contributed by atoms with Gasteiger partial charge in [-0.1, -0.05) is 0 Å². The molecule has 5 nitrogen and oxygen atoms in total. The lowest BCUT2D eigenvalue weighted by Crippen LogP contribution is -2.46. The predicted octanol–water partition coefficient (Wildman–Crippen LogP) is 2.20. The third-order valence-corrected chi connectivity index (χ3v) is 5.51. The lowest BCUT2D eigenvalue weighted by Gasteiger charge is -2.31. The SMILES string of the molecule is CC(=O)N1CCC(NC(=O)CCSCc2csc(C)n2)CC1. The van der Waals surface area contributed by atoms with Gasteiger partial charge in [-0.15, -0.1) is 11.3 Å². The highest BCUT2D eigenvalue weighted by atomic mass is 32.2. The molecule has 0 aromatic carbocycles. The summed E-state index contributed by atoms with van der Waals surface area (Å²) in [4.78, 5) is 29.4. The number of aryl methyl sites for hydroxylation is 1. The van der Waals surface area contributed by atoms with Crippen LogP contribution in [-0.4, -0.2) is 46.6 Å². The third kappa shape index (κ3) is 5.61. The summed E-state index contributed by atoms with van der Waals surface area (Å²) >= 11 is 3.41. The summed E-state index contributed by atoms with van der Waals surface area (Å²) in [6.45, 7) is 5.10. The van der Waals surface area contributed by atoms with Gasteiger partial charge in [0.2, 0.25) is 11.8 Å². The Hall–Kier alpha value is -1.08. The Morgan fingerprint density at radius 3 is 2.77 bits per heavy atom. The van der Waals surface area contributed by atoms with Crippen LogP contribution in [0.1, 0.15) is 36.9 Å². The van der Waals surface area contributed by atoms with E-state index in [-0.39, 0.29) is 17.9 Å². The molecule has 1 saturated heterocycles. The van der Waals surface area contributed by atoms with Crippen LogP contribution in [0.3, 0.4) is 0 Å². The molecule has 0 atom stereocenters. The molecule has 1 aromatic rings. The number of thiazole rings is 1. The van der Waals surface area contributed by atoms with E-state index in [1.807, 2.05) is 11.8 Å². The second-order valence-electron chi connectivity index (χ2n) is 5.51. The first-order valence-corrected chi connectivity index (χ1v) is 9.61. The monoisotopic (exact) mass is 341 g/mol. The van der Waals surface area contributed by atoms with Crippen molar-refractivity contribution in [1.29, 1.82) is 0 Å². The van der Waals surface area contributed by atoms with Crippen LogP contribution < -0.4 is 5.32 Å². The number of amides is 2. The van der Waals surface area contributed by atoms with E-state index in [1.165, 1.54) is 0 Å². The first-order chi connectivity index (χ1) is 10.5. The average molecular weight is 342 g/mol. The molecule has 1 aliphatic rings. The first-order valence-electron chi connectivity index (χ1n) is 7.58. The molecule has 0 unspecified atom stereocenters. The smallest absolute Gasteiger partial charge is 0.221 e. The van der Waals surface area contributed by atoms with Crippen molar-refractivity contribution in [2.45, 2.75) is 44.9 Å². The molecule has 1 aliphatic heterocycles. The maximum absolute atomic E-state index is 11.9. The molecule has 0 saturated carbocycles. The third-order valence-electron chi connectivity index (χ3n) is 3.70. The van der Waals surface area contributed by atoms with E-state index in [2.05, 4.69) is 15.7 Å². The van der Waals surface area contributed by atoms with Gasteiger partial charge in [-0.3, -0.25) is 9.59 Å². The second-order valence-corrected chi connectivity index (χ2v) is 7.68. The molecule has 1 fully saturated rings. The fourth-order valence-electron chi connectivity index (χ4n) is 2.45. The zero-order chi connectivity index (χ0) is 15.9. The van der Waals surface area contributed by atoms with E-state index < -0.39 is 0 Å². The number of nitrogens with zero attached hydrogens (tertiary/aromatic N) is 2. The fourth-order valence-corrected chi connectivity index (χ4v) is 4.00. The van der Waals surface area contributed by atoms with Crippen molar-refractivity contribution < 1.29 is 9.59 Å². The summed E-state index contributed by atoms with van der Waals surface area (Å²) in [6, 6.07) is 0.217. The first kappa shape index (κ1) is 17.3. The normalized spacial score (nSPS) is 15.8. The molecule has 122 valence electrons. The number of rotatable bonds is 6. The van der Waals surface area contributed by atoms with Gasteiger partial charge in [0.25, 0.3) is 0 Å². The number of thioether (sulfide) groups is 1. The molecular formula is C15H23N3O2S2.